The van der Waals surface area contributed by atoms with Crippen LogP contribution in [0.15, 0.2) is 60.8 Å². The van der Waals surface area contributed by atoms with Crippen LogP contribution in [0.4, 0.5) is 5.69 Å². The second-order valence-electron chi connectivity index (χ2n) is 4.57. The largest absolute Gasteiger partial charge is 0.495 e. The molecule has 3 rings (SSSR count). The first-order valence-electron chi connectivity index (χ1n) is 6.57. The third-order valence-corrected chi connectivity index (χ3v) is 3.21. The van der Waals surface area contributed by atoms with Gasteiger partial charge in [0.15, 0.2) is 0 Å². The van der Waals surface area contributed by atoms with Gasteiger partial charge in [0.05, 0.1) is 23.9 Å². The molecule has 104 valence electrons. The fraction of sp³-hybridized carbons (Fsp3) is 0.0588. The van der Waals surface area contributed by atoms with Crippen LogP contribution in [0.2, 0.25) is 0 Å². The number of nitrogens with one attached hydrogen (secondary N) is 1. The van der Waals surface area contributed by atoms with Crippen molar-refractivity contribution in [2.24, 2.45) is 0 Å². The molecule has 0 aliphatic carbocycles. The Kier molecular flexibility index (Phi) is 3.51. The molecule has 4 heteroatoms. The molecular weight excluding hydrogens is 264 g/mol. The van der Waals surface area contributed by atoms with Gasteiger partial charge in [0.2, 0.25) is 0 Å². The van der Waals surface area contributed by atoms with Crippen LogP contribution in [-0.4, -0.2) is 18.0 Å². The van der Waals surface area contributed by atoms with Gasteiger partial charge in [-0.2, -0.15) is 0 Å². The number of hydrogen-bond donors (Lipinski definition) is 1. The van der Waals surface area contributed by atoms with Gasteiger partial charge in [0, 0.05) is 11.6 Å². The average Bonchev–Trinajstić information content (AvgIpc) is 2.55. The Hall–Kier alpha value is -2.88. The second kappa shape index (κ2) is 5.63. The number of rotatable bonds is 3. The molecule has 1 heterocycles. The number of nitrogens with zero attached hydrogens (tertiary/aromatic N) is 1. The lowest BCUT2D eigenvalue weighted by Crippen LogP contribution is -2.12. The maximum atomic E-state index is 12.3. The summed E-state index contributed by atoms with van der Waals surface area (Å²) in [7, 11) is 1.57. The Bertz CT molecular complexity index is 799. The van der Waals surface area contributed by atoms with Crippen molar-refractivity contribution in [1.82, 2.24) is 4.98 Å². The SMILES string of the molecule is COc1ccccc1NC(=O)c1cnc2ccccc2c1. The van der Waals surface area contributed by atoms with Crippen LogP contribution >= 0.6 is 0 Å². The van der Waals surface area contributed by atoms with Gasteiger partial charge in [0.25, 0.3) is 5.91 Å². The lowest BCUT2D eigenvalue weighted by molar-refractivity contribution is 0.102. The molecule has 1 amide bonds. The molecule has 21 heavy (non-hydrogen) atoms. The zero-order chi connectivity index (χ0) is 14.7. The zero-order valence-electron chi connectivity index (χ0n) is 11.5. The number of carbonyl (C=O) groups is 1. The lowest BCUT2D eigenvalue weighted by atomic mass is 10.1. The highest BCUT2D eigenvalue weighted by Crippen LogP contribution is 2.24. The quantitative estimate of drug-likeness (QED) is 0.797. The van der Waals surface area contributed by atoms with Gasteiger partial charge in [-0.1, -0.05) is 30.3 Å². The summed E-state index contributed by atoms with van der Waals surface area (Å²) in [4.78, 5) is 16.6. The van der Waals surface area contributed by atoms with Gasteiger partial charge in [-0.15, -0.1) is 0 Å². The van der Waals surface area contributed by atoms with E-state index in [1.165, 1.54) is 0 Å². The maximum Gasteiger partial charge on any atom is 0.257 e. The standard InChI is InChI=1S/C17H14N2O2/c1-21-16-9-5-4-8-15(16)19-17(20)13-10-12-6-2-3-7-14(12)18-11-13/h2-11H,1H3,(H,19,20). The first kappa shape index (κ1) is 13.1. The summed E-state index contributed by atoms with van der Waals surface area (Å²) in [5.41, 5.74) is 2.02. The summed E-state index contributed by atoms with van der Waals surface area (Å²) in [6.07, 6.45) is 1.58. The highest BCUT2D eigenvalue weighted by molar-refractivity contribution is 6.06. The summed E-state index contributed by atoms with van der Waals surface area (Å²) < 4.78 is 5.22. The average molecular weight is 278 g/mol. The van der Waals surface area contributed by atoms with Crippen LogP contribution in [0.5, 0.6) is 5.75 Å². The number of fused-ring (bicyclic) bond motifs is 1. The minimum absolute atomic E-state index is 0.210. The minimum Gasteiger partial charge on any atom is -0.495 e. The van der Waals surface area contributed by atoms with E-state index in [0.29, 0.717) is 17.0 Å². The molecule has 4 nitrogen and oxygen atoms in total. The summed E-state index contributed by atoms with van der Waals surface area (Å²) in [5, 5.41) is 3.77. The number of carbonyl (C=O) groups excluding carboxylic acids is 1. The van der Waals surface area contributed by atoms with E-state index in [2.05, 4.69) is 10.3 Å². The van der Waals surface area contributed by atoms with Gasteiger partial charge >= 0.3 is 0 Å². The maximum absolute atomic E-state index is 12.3. The van der Waals surface area contributed by atoms with E-state index in [0.717, 1.165) is 10.9 Å². The Morgan fingerprint density at radius 1 is 1.10 bits per heavy atom. The molecular formula is C17H14N2O2. The molecule has 1 N–H and O–H groups in total. The number of ether oxygens (including phenoxy) is 1. The highest BCUT2D eigenvalue weighted by Gasteiger charge is 2.10. The fourth-order valence-corrected chi connectivity index (χ4v) is 2.14. The van der Waals surface area contributed by atoms with Crippen LogP contribution in [-0.2, 0) is 0 Å². The molecule has 0 unspecified atom stereocenters. The second-order valence-corrected chi connectivity index (χ2v) is 4.57. The Balaban J connectivity index is 1.90. The van der Waals surface area contributed by atoms with Crippen molar-refractivity contribution < 1.29 is 9.53 Å². The zero-order valence-corrected chi connectivity index (χ0v) is 11.5. The van der Waals surface area contributed by atoms with Crippen LogP contribution in [0.1, 0.15) is 10.4 Å². The number of amides is 1. The van der Waals surface area contributed by atoms with Crippen molar-refractivity contribution >= 4 is 22.5 Å². The summed E-state index contributed by atoms with van der Waals surface area (Å²) in [6.45, 7) is 0. The third kappa shape index (κ3) is 2.69. The van der Waals surface area contributed by atoms with Gasteiger partial charge in [0.1, 0.15) is 5.75 Å². The van der Waals surface area contributed by atoms with E-state index in [1.54, 1.807) is 25.4 Å². The summed E-state index contributed by atoms with van der Waals surface area (Å²) >= 11 is 0. The molecule has 0 fully saturated rings. The first-order valence-corrected chi connectivity index (χ1v) is 6.57. The molecule has 0 bridgehead atoms. The van der Waals surface area contributed by atoms with Crippen molar-refractivity contribution in [1.29, 1.82) is 0 Å². The number of pyridine rings is 1. The Labute approximate surface area is 122 Å². The molecule has 0 aliphatic rings. The molecule has 1 aromatic heterocycles. The predicted octanol–water partition coefficient (Wildman–Crippen LogP) is 3.50. The summed E-state index contributed by atoms with van der Waals surface area (Å²) in [6, 6.07) is 16.8. The normalized spacial score (nSPS) is 10.3. The number of para-hydroxylation sites is 3. The van der Waals surface area contributed by atoms with Crippen molar-refractivity contribution in [2.45, 2.75) is 0 Å². The van der Waals surface area contributed by atoms with E-state index in [4.69, 9.17) is 4.74 Å². The van der Waals surface area contributed by atoms with Gasteiger partial charge in [-0.25, -0.2) is 0 Å². The Morgan fingerprint density at radius 2 is 1.86 bits per heavy atom. The number of anilines is 1. The Morgan fingerprint density at radius 3 is 2.71 bits per heavy atom. The van der Waals surface area contributed by atoms with E-state index < -0.39 is 0 Å². The van der Waals surface area contributed by atoms with E-state index in [-0.39, 0.29) is 5.91 Å². The van der Waals surface area contributed by atoms with Crippen LogP contribution in [0.25, 0.3) is 10.9 Å². The molecule has 0 atom stereocenters. The van der Waals surface area contributed by atoms with Crippen molar-refractivity contribution in [3.05, 3.63) is 66.4 Å². The molecule has 0 spiro atoms. The van der Waals surface area contributed by atoms with E-state index in [1.807, 2.05) is 42.5 Å². The monoisotopic (exact) mass is 278 g/mol. The number of benzene rings is 2. The minimum atomic E-state index is -0.210. The first-order chi connectivity index (χ1) is 10.3. The van der Waals surface area contributed by atoms with Crippen LogP contribution < -0.4 is 10.1 Å². The van der Waals surface area contributed by atoms with Crippen LogP contribution in [0.3, 0.4) is 0 Å². The van der Waals surface area contributed by atoms with Gasteiger partial charge in [-0.3, -0.25) is 9.78 Å². The van der Waals surface area contributed by atoms with Crippen molar-refractivity contribution in [2.75, 3.05) is 12.4 Å². The molecule has 0 saturated carbocycles. The van der Waals surface area contributed by atoms with Crippen molar-refractivity contribution in [3.63, 3.8) is 0 Å². The molecule has 3 aromatic rings. The van der Waals surface area contributed by atoms with Gasteiger partial charge < -0.3 is 10.1 Å². The smallest absolute Gasteiger partial charge is 0.257 e. The predicted molar refractivity (Wildman–Crippen MR) is 82.7 cm³/mol. The number of aromatic nitrogens is 1. The fourth-order valence-electron chi connectivity index (χ4n) is 2.14. The number of methoxy groups -OCH3 is 1. The number of hydrogen-bond acceptors (Lipinski definition) is 3. The highest BCUT2D eigenvalue weighted by atomic mass is 16.5. The van der Waals surface area contributed by atoms with Gasteiger partial charge in [-0.05, 0) is 24.3 Å². The molecule has 0 aliphatic heterocycles. The van der Waals surface area contributed by atoms with E-state index >= 15 is 0 Å². The molecule has 0 saturated heterocycles. The van der Waals surface area contributed by atoms with Crippen LogP contribution in [0, 0.1) is 0 Å². The third-order valence-electron chi connectivity index (χ3n) is 3.21. The van der Waals surface area contributed by atoms with Crippen molar-refractivity contribution in [3.8, 4) is 5.75 Å². The van der Waals surface area contributed by atoms with E-state index in [9.17, 15) is 4.79 Å². The summed E-state index contributed by atoms with van der Waals surface area (Å²) in [5.74, 6) is 0.414. The molecule has 2 aromatic carbocycles. The lowest BCUT2D eigenvalue weighted by Gasteiger charge is -2.10. The molecule has 0 radical (unpaired) electrons. The topological polar surface area (TPSA) is 51.2 Å².